The molecular formula is C22H14F2N4O4S. The first-order chi connectivity index (χ1) is 15.8. The molecule has 1 amide bonds. The van der Waals surface area contributed by atoms with E-state index in [9.17, 15) is 28.5 Å². The van der Waals surface area contributed by atoms with Gasteiger partial charge in [-0.3, -0.25) is 24.3 Å². The Morgan fingerprint density at radius 1 is 1.09 bits per heavy atom. The van der Waals surface area contributed by atoms with E-state index >= 15 is 0 Å². The molecule has 4 rings (SSSR count). The second-order valence-corrected chi connectivity index (χ2v) is 7.70. The lowest BCUT2D eigenvalue weighted by molar-refractivity contribution is -0.384. The molecular weight excluding hydrogens is 454 g/mol. The van der Waals surface area contributed by atoms with E-state index in [1.165, 1.54) is 18.2 Å². The molecule has 0 spiro atoms. The summed E-state index contributed by atoms with van der Waals surface area (Å²) < 4.78 is 28.9. The molecule has 166 valence electrons. The van der Waals surface area contributed by atoms with Gasteiger partial charge in [0.25, 0.3) is 11.2 Å². The Bertz CT molecular complexity index is 1460. The van der Waals surface area contributed by atoms with Gasteiger partial charge in [-0.1, -0.05) is 36.0 Å². The molecule has 0 aliphatic heterocycles. The SMILES string of the molecule is O=C(CSc1nc2ccccc2c(=O)n1-c1ccccc1F)Nc1ccc(F)cc1[N+](=O)[O-]. The molecule has 0 fully saturated rings. The van der Waals surface area contributed by atoms with Crippen LogP contribution in [0.25, 0.3) is 16.6 Å². The quantitative estimate of drug-likeness (QED) is 0.196. The third kappa shape index (κ3) is 4.58. The minimum absolute atomic E-state index is 0.0298. The number of rotatable bonds is 6. The molecule has 33 heavy (non-hydrogen) atoms. The molecule has 3 aromatic carbocycles. The summed E-state index contributed by atoms with van der Waals surface area (Å²) in [5.74, 6) is -2.42. The van der Waals surface area contributed by atoms with Gasteiger partial charge in [0.1, 0.15) is 17.3 Å². The van der Waals surface area contributed by atoms with E-state index in [4.69, 9.17) is 0 Å². The Morgan fingerprint density at radius 3 is 2.58 bits per heavy atom. The standard InChI is InChI=1S/C22H14F2N4O4S/c23-13-9-10-17(19(11-13)28(31)32)25-20(29)12-33-22-26-16-7-3-1-5-14(16)21(30)27(22)18-8-4-2-6-15(18)24/h1-11H,12H2,(H,25,29). The van der Waals surface area contributed by atoms with Crippen molar-refractivity contribution in [3.05, 3.63) is 98.8 Å². The van der Waals surface area contributed by atoms with Crippen molar-refractivity contribution in [2.75, 3.05) is 11.1 Å². The maximum atomic E-state index is 14.5. The average molecular weight is 468 g/mol. The van der Waals surface area contributed by atoms with Gasteiger partial charge >= 0.3 is 0 Å². The number of anilines is 1. The minimum Gasteiger partial charge on any atom is -0.320 e. The van der Waals surface area contributed by atoms with Crippen molar-refractivity contribution in [2.24, 2.45) is 0 Å². The smallest absolute Gasteiger partial charge is 0.295 e. The van der Waals surface area contributed by atoms with Gasteiger partial charge in [-0.15, -0.1) is 0 Å². The third-order valence-electron chi connectivity index (χ3n) is 4.60. The molecule has 0 saturated heterocycles. The first-order valence-electron chi connectivity index (χ1n) is 9.48. The van der Waals surface area contributed by atoms with E-state index in [1.54, 1.807) is 30.3 Å². The molecule has 0 saturated carbocycles. The van der Waals surface area contributed by atoms with Gasteiger partial charge in [0.15, 0.2) is 5.16 Å². The zero-order chi connectivity index (χ0) is 23.5. The summed E-state index contributed by atoms with van der Waals surface area (Å²) in [6.07, 6.45) is 0. The molecule has 1 heterocycles. The summed E-state index contributed by atoms with van der Waals surface area (Å²) in [4.78, 5) is 40.3. The zero-order valence-corrected chi connectivity index (χ0v) is 17.5. The lowest BCUT2D eigenvalue weighted by Gasteiger charge is -2.14. The first-order valence-corrected chi connectivity index (χ1v) is 10.5. The number of nitro benzene ring substituents is 1. The number of hydrogen-bond donors (Lipinski definition) is 1. The number of benzene rings is 3. The summed E-state index contributed by atoms with van der Waals surface area (Å²) in [5.41, 5.74) is -0.946. The molecule has 0 aliphatic rings. The van der Waals surface area contributed by atoms with Crippen molar-refractivity contribution in [3.63, 3.8) is 0 Å². The normalized spacial score (nSPS) is 10.8. The zero-order valence-electron chi connectivity index (χ0n) is 16.7. The van der Waals surface area contributed by atoms with Crippen LogP contribution in [0.5, 0.6) is 0 Å². The predicted molar refractivity (Wildman–Crippen MR) is 120 cm³/mol. The molecule has 1 aromatic heterocycles. The summed E-state index contributed by atoms with van der Waals surface area (Å²) in [5, 5.41) is 13.8. The van der Waals surface area contributed by atoms with Crippen molar-refractivity contribution in [1.82, 2.24) is 9.55 Å². The van der Waals surface area contributed by atoms with Gasteiger partial charge in [0.05, 0.1) is 33.3 Å². The van der Waals surface area contributed by atoms with E-state index < -0.39 is 33.7 Å². The van der Waals surface area contributed by atoms with E-state index in [0.29, 0.717) is 11.6 Å². The number of carbonyl (C=O) groups excluding carboxylic acids is 1. The van der Waals surface area contributed by atoms with Crippen LogP contribution in [-0.2, 0) is 4.79 Å². The second-order valence-electron chi connectivity index (χ2n) is 6.76. The highest BCUT2D eigenvalue weighted by Gasteiger charge is 2.19. The number of halogens is 2. The van der Waals surface area contributed by atoms with Crippen LogP contribution in [0.15, 0.2) is 76.7 Å². The van der Waals surface area contributed by atoms with Crippen molar-refractivity contribution < 1.29 is 18.5 Å². The number of nitro groups is 1. The Kier molecular flexibility index (Phi) is 6.13. The average Bonchev–Trinajstić information content (AvgIpc) is 2.79. The van der Waals surface area contributed by atoms with Gasteiger partial charge in [0, 0.05) is 0 Å². The van der Waals surface area contributed by atoms with Gasteiger partial charge in [-0.2, -0.15) is 0 Å². The number of fused-ring (bicyclic) bond motifs is 1. The highest BCUT2D eigenvalue weighted by atomic mass is 32.2. The molecule has 1 N–H and O–H groups in total. The largest absolute Gasteiger partial charge is 0.320 e. The summed E-state index contributed by atoms with van der Waals surface area (Å²) in [6, 6.07) is 15.0. The van der Waals surface area contributed by atoms with Gasteiger partial charge in [0.2, 0.25) is 5.91 Å². The number of hydrogen-bond acceptors (Lipinski definition) is 6. The van der Waals surface area contributed by atoms with Crippen LogP contribution in [0.2, 0.25) is 0 Å². The summed E-state index contributed by atoms with van der Waals surface area (Å²) >= 11 is 0.854. The van der Waals surface area contributed by atoms with E-state index in [0.717, 1.165) is 28.5 Å². The van der Waals surface area contributed by atoms with Crippen LogP contribution in [0.1, 0.15) is 0 Å². The molecule has 0 radical (unpaired) electrons. The highest BCUT2D eigenvalue weighted by Crippen LogP contribution is 2.26. The fourth-order valence-electron chi connectivity index (χ4n) is 3.13. The van der Waals surface area contributed by atoms with E-state index in [-0.39, 0.29) is 27.7 Å². The molecule has 0 bridgehead atoms. The molecule has 8 nitrogen and oxygen atoms in total. The van der Waals surface area contributed by atoms with Crippen LogP contribution < -0.4 is 10.9 Å². The topological polar surface area (TPSA) is 107 Å². The van der Waals surface area contributed by atoms with Crippen molar-refractivity contribution >= 4 is 39.9 Å². The molecule has 0 unspecified atom stereocenters. The van der Waals surface area contributed by atoms with E-state index in [1.807, 2.05) is 0 Å². The number of thioether (sulfide) groups is 1. The fourth-order valence-corrected chi connectivity index (χ4v) is 3.94. The van der Waals surface area contributed by atoms with Crippen LogP contribution in [-0.4, -0.2) is 26.1 Å². The highest BCUT2D eigenvalue weighted by molar-refractivity contribution is 7.99. The number of amides is 1. The Balaban J connectivity index is 1.67. The third-order valence-corrected chi connectivity index (χ3v) is 5.54. The molecule has 0 atom stereocenters. The van der Waals surface area contributed by atoms with E-state index in [2.05, 4.69) is 10.3 Å². The lowest BCUT2D eigenvalue weighted by Crippen LogP contribution is -2.23. The summed E-state index contributed by atoms with van der Waals surface area (Å²) in [7, 11) is 0. The van der Waals surface area contributed by atoms with Gasteiger partial charge < -0.3 is 5.32 Å². The monoisotopic (exact) mass is 468 g/mol. The number of nitrogens with zero attached hydrogens (tertiary/aromatic N) is 3. The predicted octanol–water partition coefficient (Wildman–Crippen LogP) is 4.30. The molecule has 0 aliphatic carbocycles. The van der Waals surface area contributed by atoms with Crippen LogP contribution in [0.4, 0.5) is 20.2 Å². The number of aromatic nitrogens is 2. The molecule has 4 aromatic rings. The second kappa shape index (κ2) is 9.17. The minimum atomic E-state index is -0.816. The lowest BCUT2D eigenvalue weighted by atomic mass is 10.2. The fraction of sp³-hybridized carbons (Fsp3) is 0.0455. The maximum absolute atomic E-state index is 14.5. The van der Waals surface area contributed by atoms with Crippen molar-refractivity contribution in [3.8, 4) is 5.69 Å². The van der Waals surface area contributed by atoms with Gasteiger partial charge in [-0.05, 0) is 36.4 Å². The number of carbonyl (C=O) groups is 1. The van der Waals surface area contributed by atoms with Crippen LogP contribution in [0, 0.1) is 21.7 Å². The van der Waals surface area contributed by atoms with Gasteiger partial charge in [-0.25, -0.2) is 13.8 Å². The van der Waals surface area contributed by atoms with Crippen LogP contribution in [0.3, 0.4) is 0 Å². The van der Waals surface area contributed by atoms with Crippen molar-refractivity contribution in [1.29, 1.82) is 0 Å². The summed E-state index contributed by atoms with van der Waals surface area (Å²) in [6.45, 7) is 0. The molecule has 11 heteroatoms. The first kappa shape index (κ1) is 22.1. The van der Waals surface area contributed by atoms with Crippen molar-refractivity contribution in [2.45, 2.75) is 5.16 Å². The number of nitrogens with one attached hydrogen (secondary N) is 1. The maximum Gasteiger partial charge on any atom is 0.295 e. The Hall–Kier alpha value is -4.12. The number of para-hydroxylation sites is 2. The Labute approximate surface area is 189 Å². The van der Waals surface area contributed by atoms with Crippen LogP contribution >= 0.6 is 11.8 Å². The Morgan fingerprint density at radius 2 is 1.82 bits per heavy atom.